The highest BCUT2D eigenvalue weighted by Gasteiger charge is 2.19. The summed E-state index contributed by atoms with van der Waals surface area (Å²) in [5.41, 5.74) is 2.61. The van der Waals surface area contributed by atoms with E-state index in [0.717, 1.165) is 17.9 Å². The Morgan fingerprint density at radius 1 is 1.16 bits per heavy atom. The lowest BCUT2D eigenvalue weighted by Crippen LogP contribution is -2.39. The SMILES string of the molecule is CCNC(=NCc1ccc(N2CCC(O)CC2)c(F)c1)NCCOc1ccc(C)cc1. The second-order valence-electron chi connectivity index (χ2n) is 7.79. The lowest BCUT2D eigenvalue weighted by atomic mass is 10.1. The molecular formula is C24H33FN4O2. The number of benzene rings is 2. The topological polar surface area (TPSA) is 69.1 Å². The normalized spacial score (nSPS) is 15.1. The third-order valence-electron chi connectivity index (χ3n) is 5.27. The Bertz CT molecular complexity index is 849. The Balaban J connectivity index is 1.50. The second-order valence-corrected chi connectivity index (χ2v) is 7.79. The van der Waals surface area contributed by atoms with E-state index >= 15 is 0 Å². The minimum absolute atomic E-state index is 0.242. The summed E-state index contributed by atoms with van der Waals surface area (Å²) in [6.45, 7) is 7.63. The first-order valence-electron chi connectivity index (χ1n) is 11.0. The number of guanidine groups is 1. The zero-order valence-corrected chi connectivity index (χ0v) is 18.4. The van der Waals surface area contributed by atoms with Crippen LogP contribution in [-0.2, 0) is 6.54 Å². The number of hydrogen-bond donors (Lipinski definition) is 3. The standard InChI is InChI=1S/C24H33FN4O2/c1-3-26-24(27-12-15-31-21-7-4-18(2)5-8-21)28-17-19-6-9-23(22(25)16-19)29-13-10-20(30)11-14-29/h4-9,16,20,30H,3,10-15,17H2,1-2H3,(H2,26,27,28). The highest BCUT2D eigenvalue weighted by molar-refractivity contribution is 5.79. The minimum Gasteiger partial charge on any atom is -0.492 e. The van der Waals surface area contributed by atoms with E-state index < -0.39 is 0 Å². The highest BCUT2D eigenvalue weighted by atomic mass is 19.1. The fraction of sp³-hybridized carbons (Fsp3) is 0.458. The zero-order valence-electron chi connectivity index (χ0n) is 18.4. The molecule has 1 heterocycles. The molecule has 0 amide bonds. The maximum absolute atomic E-state index is 14.6. The van der Waals surface area contributed by atoms with E-state index in [0.29, 0.717) is 57.3 Å². The molecule has 1 aliphatic rings. The number of ether oxygens (including phenoxy) is 1. The molecule has 1 aliphatic heterocycles. The number of piperidine rings is 1. The smallest absolute Gasteiger partial charge is 0.191 e. The summed E-state index contributed by atoms with van der Waals surface area (Å²) in [6, 6.07) is 13.2. The van der Waals surface area contributed by atoms with Gasteiger partial charge in [-0.3, -0.25) is 0 Å². The van der Waals surface area contributed by atoms with E-state index in [4.69, 9.17) is 4.74 Å². The summed E-state index contributed by atoms with van der Waals surface area (Å²) in [4.78, 5) is 6.55. The van der Waals surface area contributed by atoms with Gasteiger partial charge in [-0.05, 0) is 56.5 Å². The molecule has 0 aliphatic carbocycles. The van der Waals surface area contributed by atoms with Crippen molar-refractivity contribution in [1.82, 2.24) is 10.6 Å². The summed E-state index contributed by atoms with van der Waals surface area (Å²) in [5, 5.41) is 16.1. The average Bonchev–Trinajstić information content (AvgIpc) is 2.77. The van der Waals surface area contributed by atoms with Gasteiger partial charge in [0, 0.05) is 19.6 Å². The van der Waals surface area contributed by atoms with Crippen LogP contribution < -0.4 is 20.3 Å². The molecule has 0 spiro atoms. The van der Waals surface area contributed by atoms with Gasteiger partial charge in [0.1, 0.15) is 18.2 Å². The molecule has 0 radical (unpaired) electrons. The van der Waals surface area contributed by atoms with Crippen molar-refractivity contribution in [2.75, 3.05) is 37.7 Å². The number of aliphatic hydroxyl groups is 1. The van der Waals surface area contributed by atoms with Crippen LogP contribution in [0.15, 0.2) is 47.5 Å². The van der Waals surface area contributed by atoms with Gasteiger partial charge < -0.3 is 25.4 Å². The maximum Gasteiger partial charge on any atom is 0.191 e. The lowest BCUT2D eigenvalue weighted by Gasteiger charge is -2.31. The van der Waals surface area contributed by atoms with E-state index in [1.54, 1.807) is 6.07 Å². The predicted molar refractivity (Wildman–Crippen MR) is 123 cm³/mol. The largest absolute Gasteiger partial charge is 0.492 e. The van der Waals surface area contributed by atoms with Crippen LogP contribution in [0.3, 0.4) is 0 Å². The number of nitrogens with one attached hydrogen (secondary N) is 2. The molecule has 168 valence electrons. The summed E-state index contributed by atoms with van der Waals surface area (Å²) >= 11 is 0. The lowest BCUT2D eigenvalue weighted by molar-refractivity contribution is 0.145. The molecule has 2 aromatic rings. The summed E-state index contributed by atoms with van der Waals surface area (Å²) in [7, 11) is 0. The second kappa shape index (κ2) is 11.6. The van der Waals surface area contributed by atoms with Gasteiger partial charge >= 0.3 is 0 Å². The van der Waals surface area contributed by atoms with E-state index in [2.05, 4.69) is 15.6 Å². The predicted octanol–water partition coefficient (Wildman–Crippen LogP) is 3.23. The number of aliphatic hydroxyl groups excluding tert-OH is 1. The van der Waals surface area contributed by atoms with Crippen molar-refractivity contribution < 1.29 is 14.2 Å². The number of rotatable bonds is 8. The Hall–Kier alpha value is -2.80. The van der Waals surface area contributed by atoms with Crippen LogP contribution in [0, 0.1) is 12.7 Å². The first kappa shape index (κ1) is 22.9. The molecule has 0 unspecified atom stereocenters. The van der Waals surface area contributed by atoms with Gasteiger partial charge in [-0.25, -0.2) is 9.38 Å². The van der Waals surface area contributed by atoms with Gasteiger partial charge in [0.25, 0.3) is 0 Å². The molecule has 3 N–H and O–H groups in total. The molecule has 0 saturated carbocycles. The molecule has 31 heavy (non-hydrogen) atoms. The number of hydrogen-bond acceptors (Lipinski definition) is 4. The Morgan fingerprint density at radius 3 is 2.58 bits per heavy atom. The summed E-state index contributed by atoms with van der Waals surface area (Å²) in [6.07, 6.45) is 1.08. The van der Waals surface area contributed by atoms with E-state index in [-0.39, 0.29) is 11.9 Å². The molecule has 0 bridgehead atoms. The summed E-state index contributed by atoms with van der Waals surface area (Å²) < 4.78 is 20.4. The fourth-order valence-electron chi connectivity index (χ4n) is 3.50. The zero-order chi connectivity index (χ0) is 22.1. The number of anilines is 1. The van der Waals surface area contributed by atoms with Crippen molar-refractivity contribution >= 4 is 11.6 Å². The molecule has 0 atom stereocenters. The number of halogens is 1. The van der Waals surface area contributed by atoms with Crippen LogP contribution in [0.4, 0.5) is 10.1 Å². The van der Waals surface area contributed by atoms with Gasteiger partial charge in [0.2, 0.25) is 0 Å². The van der Waals surface area contributed by atoms with Crippen molar-refractivity contribution in [3.8, 4) is 5.75 Å². The van der Waals surface area contributed by atoms with Gasteiger partial charge in [0.15, 0.2) is 5.96 Å². The third kappa shape index (κ3) is 7.14. The van der Waals surface area contributed by atoms with Crippen LogP contribution in [0.2, 0.25) is 0 Å². The van der Waals surface area contributed by atoms with Crippen molar-refractivity contribution in [3.05, 3.63) is 59.4 Å². The maximum atomic E-state index is 14.6. The fourth-order valence-corrected chi connectivity index (χ4v) is 3.50. The van der Waals surface area contributed by atoms with Crippen molar-refractivity contribution in [1.29, 1.82) is 0 Å². The third-order valence-corrected chi connectivity index (χ3v) is 5.27. The molecule has 1 saturated heterocycles. The molecule has 6 nitrogen and oxygen atoms in total. The first-order chi connectivity index (χ1) is 15.0. The van der Waals surface area contributed by atoms with Crippen LogP contribution in [0.25, 0.3) is 0 Å². The Labute approximate surface area is 184 Å². The van der Waals surface area contributed by atoms with Crippen molar-refractivity contribution in [3.63, 3.8) is 0 Å². The van der Waals surface area contributed by atoms with E-state index in [1.807, 2.05) is 55.1 Å². The van der Waals surface area contributed by atoms with Crippen LogP contribution >= 0.6 is 0 Å². The Morgan fingerprint density at radius 2 is 1.90 bits per heavy atom. The van der Waals surface area contributed by atoms with Crippen molar-refractivity contribution in [2.45, 2.75) is 39.3 Å². The number of nitrogens with zero attached hydrogens (tertiary/aromatic N) is 2. The number of aryl methyl sites for hydroxylation is 1. The molecule has 0 aromatic heterocycles. The molecule has 3 rings (SSSR count). The molecular weight excluding hydrogens is 395 g/mol. The average molecular weight is 429 g/mol. The monoisotopic (exact) mass is 428 g/mol. The Kier molecular flexibility index (Phi) is 8.53. The summed E-state index contributed by atoms with van der Waals surface area (Å²) in [5.74, 6) is 1.27. The van der Waals surface area contributed by atoms with Crippen LogP contribution in [-0.4, -0.2) is 50.0 Å². The highest BCUT2D eigenvalue weighted by Crippen LogP contribution is 2.24. The van der Waals surface area contributed by atoms with Crippen molar-refractivity contribution in [2.24, 2.45) is 4.99 Å². The molecule has 1 fully saturated rings. The van der Waals surface area contributed by atoms with E-state index in [1.165, 1.54) is 5.56 Å². The van der Waals surface area contributed by atoms with Gasteiger partial charge in [-0.1, -0.05) is 23.8 Å². The van der Waals surface area contributed by atoms with Crippen LogP contribution in [0.5, 0.6) is 5.75 Å². The molecule has 2 aromatic carbocycles. The molecule has 7 heteroatoms. The van der Waals surface area contributed by atoms with Crippen LogP contribution in [0.1, 0.15) is 30.9 Å². The van der Waals surface area contributed by atoms with Gasteiger partial charge in [0.05, 0.1) is 24.9 Å². The quantitative estimate of drug-likeness (QED) is 0.342. The van der Waals surface area contributed by atoms with Gasteiger partial charge in [-0.15, -0.1) is 0 Å². The number of aliphatic imine (C=N–C) groups is 1. The minimum atomic E-state index is -0.271. The first-order valence-corrected chi connectivity index (χ1v) is 11.0. The van der Waals surface area contributed by atoms with Gasteiger partial charge in [-0.2, -0.15) is 0 Å². The van der Waals surface area contributed by atoms with E-state index in [9.17, 15) is 9.50 Å².